The van der Waals surface area contributed by atoms with Crippen molar-refractivity contribution in [3.8, 4) is 0 Å². The van der Waals surface area contributed by atoms with E-state index in [1.54, 1.807) is 32.6 Å². The Morgan fingerprint density at radius 3 is 2.13 bits per heavy atom. The van der Waals surface area contributed by atoms with Gasteiger partial charge in [-0.25, -0.2) is 0 Å². The number of amides is 2. The van der Waals surface area contributed by atoms with Crippen molar-refractivity contribution >= 4 is 17.8 Å². The minimum absolute atomic E-state index is 0.127. The first-order valence-corrected chi connectivity index (χ1v) is 8.53. The molecule has 1 fully saturated rings. The molecule has 0 aromatic rings. The molecule has 1 heterocycles. The number of ether oxygens (including phenoxy) is 1. The molecular weight excluding hydrogens is 296 g/mol. The summed E-state index contributed by atoms with van der Waals surface area (Å²) in [6.07, 6.45) is 4.30. The lowest BCUT2D eigenvalue weighted by Gasteiger charge is -2.27. The monoisotopic (exact) mass is 326 g/mol. The number of hydrogen-bond donors (Lipinski definition) is 1. The van der Waals surface area contributed by atoms with Crippen LogP contribution in [0.5, 0.6) is 0 Å². The van der Waals surface area contributed by atoms with E-state index in [1.165, 1.54) is 0 Å². The highest BCUT2D eigenvalue weighted by atomic mass is 16.6. The summed E-state index contributed by atoms with van der Waals surface area (Å²) in [5.74, 6) is -0.886. The molecule has 1 aliphatic rings. The first-order valence-electron chi connectivity index (χ1n) is 8.53. The minimum Gasteiger partial charge on any atom is -0.460 e. The average Bonchev–Trinajstić information content (AvgIpc) is 2.72. The minimum atomic E-state index is -0.838. The summed E-state index contributed by atoms with van der Waals surface area (Å²) >= 11 is 0. The van der Waals surface area contributed by atoms with Gasteiger partial charge in [0, 0.05) is 19.5 Å². The van der Waals surface area contributed by atoms with Crippen LogP contribution in [-0.2, 0) is 19.1 Å². The van der Waals surface area contributed by atoms with Crippen LogP contribution in [0.2, 0.25) is 0 Å². The van der Waals surface area contributed by atoms with Crippen LogP contribution < -0.4 is 5.32 Å². The quantitative estimate of drug-likeness (QED) is 0.784. The third-order valence-corrected chi connectivity index (χ3v) is 3.66. The molecule has 23 heavy (non-hydrogen) atoms. The zero-order chi connectivity index (χ0) is 17.5. The molecule has 6 nitrogen and oxygen atoms in total. The molecule has 0 aromatic heterocycles. The van der Waals surface area contributed by atoms with Crippen molar-refractivity contribution in [3.05, 3.63) is 0 Å². The molecule has 0 radical (unpaired) electrons. The van der Waals surface area contributed by atoms with E-state index in [0.717, 1.165) is 25.7 Å². The standard InChI is InChI=1S/C17H30N2O4/c1-5-14(20)18-13(12-15(21)23-17(2,3)4)16(22)19-10-8-6-7-9-11-19/h13H,5-12H2,1-4H3,(H,18,20)/t13-/m0/s1. The van der Waals surface area contributed by atoms with Crippen molar-refractivity contribution < 1.29 is 19.1 Å². The number of hydrogen-bond acceptors (Lipinski definition) is 4. The third kappa shape index (κ3) is 7.48. The van der Waals surface area contributed by atoms with E-state index in [0.29, 0.717) is 13.1 Å². The molecule has 1 N–H and O–H groups in total. The van der Waals surface area contributed by atoms with Crippen molar-refractivity contribution in [1.82, 2.24) is 10.2 Å². The van der Waals surface area contributed by atoms with Crippen molar-refractivity contribution in [1.29, 1.82) is 0 Å². The van der Waals surface area contributed by atoms with Crippen molar-refractivity contribution in [2.24, 2.45) is 0 Å². The lowest BCUT2D eigenvalue weighted by molar-refractivity contribution is -0.157. The first kappa shape index (κ1) is 19.5. The summed E-state index contributed by atoms with van der Waals surface area (Å²) in [5.41, 5.74) is -0.609. The molecule has 6 heteroatoms. The Kier molecular flexibility index (Phi) is 7.52. The number of rotatable bonds is 5. The lowest BCUT2D eigenvalue weighted by atomic mass is 10.1. The Labute approximate surface area is 138 Å². The molecule has 0 unspecified atom stereocenters. The molecule has 1 rings (SSSR count). The topological polar surface area (TPSA) is 75.7 Å². The molecule has 2 amide bonds. The SMILES string of the molecule is CCC(=O)N[C@@H](CC(=O)OC(C)(C)C)C(=O)N1CCCCCC1. The number of nitrogens with zero attached hydrogens (tertiary/aromatic N) is 1. The molecular formula is C17H30N2O4. The third-order valence-electron chi connectivity index (χ3n) is 3.66. The lowest BCUT2D eigenvalue weighted by Crippen LogP contribution is -2.50. The summed E-state index contributed by atoms with van der Waals surface area (Å²) in [6, 6.07) is -0.838. The summed E-state index contributed by atoms with van der Waals surface area (Å²) in [4.78, 5) is 38.2. The molecule has 1 atom stereocenters. The van der Waals surface area contributed by atoms with Crippen LogP contribution >= 0.6 is 0 Å². The van der Waals surface area contributed by atoms with E-state index in [1.807, 2.05) is 0 Å². The smallest absolute Gasteiger partial charge is 0.308 e. The van der Waals surface area contributed by atoms with Gasteiger partial charge in [0.15, 0.2) is 0 Å². The zero-order valence-corrected chi connectivity index (χ0v) is 14.8. The fraction of sp³-hybridized carbons (Fsp3) is 0.824. The van der Waals surface area contributed by atoms with Gasteiger partial charge in [0.05, 0.1) is 6.42 Å². The van der Waals surface area contributed by atoms with Gasteiger partial charge in [-0.1, -0.05) is 19.8 Å². The van der Waals surface area contributed by atoms with Gasteiger partial charge in [-0.05, 0) is 33.6 Å². The van der Waals surface area contributed by atoms with E-state index in [4.69, 9.17) is 4.74 Å². The van der Waals surface area contributed by atoms with Crippen LogP contribution in [0.15, 0.2) is 0 Å². The average molecular weight is 326 g/mol. The van der Waals surface area contributed by atoms with E-state index in [9.17, 15) is 14.4 Å². The summed E-state index contributed by atoms with van der Waals surface area (Å²) < 4.78 is 5.28. The van der Waals surface area contributed by atoms with Gasteiger partial charge in [-0.15, -0.1) is 0 Å². The second kappa shape index (κ2) is 8.89. The van der Waals surface area contributed by atoms with Crippen LogP contribution in [0.4, 0.5) is 0 Å². The van der Waals surface area contributed by atoms with Crippen LogP contribution in [0.25, 0.3) is 0 Å². The highest BCUT2D eigenvalue weighted by Gasteiger charge is 2.30. The van der Waals surface area contributed by atoms with Gasteiger partial charge >= 0.3 is 5.97 Å². The predicted octanol–water partition coefficient (Wildman–Crippen LogP) is 2.02. The highest BCUT2D eigenvalue weighted by molar-refractivity contribution is 5.91. The molecule has 1 saturated heterocycles. The van der Waals surface area contributed by atoms with Gasteiger partial charge in [-0.3, -0.25) is 14.4 Å². The Balaban J connectivity index is 2.75. The molecule has 0 spiro atoms. The first-order chi connectivity index (χ1) is 10.7. The molecule has 132 valence electrons. The fourth-order valence-corrected chi connectivity index (χ4v) is 2.56. The highest BCUT2D eigenvalue weighted by Crippen LogP contribution is 2.14. The maximum Gasteiger partial charge on any atom is 0.308 e. The number of likely N-dealkylation sites (tertiary alicyclic amines) is 1. The molecule has 1 aliphatic heterocycles. The van der Waals surface area contributed by atoms with E-state index >= 15 is 0 Å². The largest absolute Gasteiger partial charge is 0.460 e. The maximum atomic E-state index is 12.7. The molecule has 0 aliphatic carbocycles. The fourth-order valence-electron chi connectivity index (χ4n) is 2.56. The summed E-state index contributed by atoms with van der Waals surface area (Å²) in [6.45, 7) is 8.43. The Hall–Kier alpha value is -1.59. The zero-order valence-electron chi connectivity index (χ0n) is 14.8. The van der Waals surface area contributed by atoms with Crippen LogP contribution in [0.3, 0.4) is 0 Å². The van der Waals surface area contributed by atoms with E-state index < -0.39 is 17.6 Å². The molecule has 0 aromatic carbocycles. The number of esters is 1. The van der Waals surface area contributed by atoms with Gasteiger partial charge in [-0.2, -0.15) is 0 Å². The van der Waals surface area contributed by atoms with E-state index in [2.05, 4.69) is 5.32 Å². The van der Waals surface area contributed by atoms with Crippen molar-refractivity contribution in [2.45, 2.75) is 77.9 Å². The number of carbonyl (C=O) groups is 3. The Bertz CT molecular complexity index is 421. The second-order valence-electron chi connectivity index (χ2n) is 7.00. The van der Waals surface area contributed by atoms with Gasteiger partial charge < -0.3 is 15.0 Å². The predicted molar refractivity (Wildman–Crippen MR) is 87.7 cm³/mol. The van der Waals surface area contributed by atoms with Crippen molar-refractivity contribution in [3.63, 3.8) is 0 Å². The Morgan fingerprint density at radius 2 is 1.65 bits per heavy atom. The van der Waals surface area contributed by atoms with Crippen LogP contribution in [-0.4, -0.2) is 47.4 Å². The van der Waals surface area contributed by atoms with E-state index in [-0.39, 0.29) is 24.7 Å². The Morgan fingerprint density at radius 1 is 1.09 bits per heavy atom. The maximum absolute atomic E-state index is 12.7. The van der Waals surface area contributed by atoms with Gasteiger partial charge in [0.25, 0.3) is 0 Å². The molecule has 0 bridgehead atoms. The normalized spacial score (nSPS) is 17.1. The summed E-state index contributed by atoms with van der Waals surface area (Å²) in [7, 11) is 0. The van der Waals surface area contributed by atoms with Gasteiger partial charge in [0.1, 0.15) is 11.6 Å². The molecule has 0 saturated carbocycles. The summed E-state index contributed by atoms with van der Waals surface area (Å²) in [5, 5.41) is 2.67. The van der Waals surface area contributed by atoms with Crippen LogP contribution in [0, 0.1) is 0 Å². The number of nitrogens with one attached hydrogen (secondary N) is 1. The number of carbonyl (C=O) groups excluding carboxylic acids is 3. The van der Waals surface area contributed by atoms with Crippen LogP contribution in [0.1, 0.15) is 66.2 Å². The van der Waals surface area contributed by atoms with Gasteiger partial charge in [0.2, 0.25) is 11.8 Å². The van der Waals surface area contributed by atoms with Crippen molar-refractivity contribution in [2.75, 3.05) is 13.1 Å². The second-order valence-corrected chi connectivity index (χ2v) is 7.00.